The van der Waals surface area contributed by atoms with Crippen molar-refractivity contribution >= 4 is 40.4 Å². The number of nitrogens with zero attached hydrogens (tertiary/aromatic N) is 2. The molecule has 0 unspecified atom stereocenters. The van der Waals surface area contributed by atoms with E-state index >= 15 is 0 Å². The number of allylic oxidation sites excluding steroid dienone is 5. The van der Waals surface area contributed by atoms with Gasteiger partial charge < -0.3 is 15.6 Å². The van der Waals surface area contributed by atoms with Crippen molar-refractivity contribution in [2.24, 2.45) is 11.7 Å². The van der Waals surface area contributed by atoms with Gasteiger partial charge in [0.1, 0.15) is 5.82 Å². The summed E-state index contributed by atoms with van der Waals surface area (Å²) >= 11 is 12.6. The van der Waals surface area contributed by atoms with Crippen molar-refractivity contribution in [3.05, 3.63) is 130 Å². The molecule has 0 aliphatic rings. The van der Waals surface area contributed by atoms with Gasteiger partial charge in [0, 0.05) is 34.6 Å². The van der Waals surface area contributed by atoms with Gasteiger partial charge in [-0.15, -0.1) is 0 Å². The second kappa shape index (κ2) is 14.2. The highest BCUT2D eigenvalue weighted by Gasteiger charge is 2.16. The number of aromatic nitrogens is 2. The summed E-state index contributed by atoms with van der Waals surface area (Å²) in [5.74, 6) is 1.07. The van der Waals surface area contributed by atoms with Gasteiger partial charge in [-0.2, -0.15) is 0 Å². The Bertz CT molecular complexity index is 1600. The zero-order valence-electron chi connectivity index (χ0n) is 24.2. The van der Waals surface area contributed by atoms with Crippen molar-refractivity contribution in [2.45, 2.75) is 33.6 Å². The maximum absolute atomic E-state index is 11.2. The number of rotatable bonds is 12. The van der Waals surface area contributed by atoms with E-state index < -0.39 is 5.91 Å². The van der Waals surface area contributed by atoms with E-state index in [1.54, 1.807) is 6.08 Å². The molecule has 4 aromatic rings. The Balaban J connectivity index is 1.64. The molecular formula is C35H36Cl2N4O. The largest absolute Gasteiger partial charge is 0.376 e. The predicted octanol–water partition coefficient (Wildman–Crippen LogP) is 8.50. The third-order valence-corrected chi connectivity index (χ3v) is 7.17. The first-order valence-electron chi connectivity index (χ1n) is 13.9. The Kier molecular flexibility index (Phi) is 10.5. The molecule has 216 valence electrons. The lowest BCUT2D eigenvalue weighted by Gasteiger charge is -2.10. The fourth-order valence-electron chi connectivity index (χ4n) is 4.75. The maximum atomic E-state index is 11.2. The summed E-state index contributed by atoms with van der Waals surface area (Å²) in [4.78, 5) is 16.2. The first kappa shape index (κ1) is 30.9. The SMILES string of the molecule is C=C(Cl)/C=C(Cl)\C(=C/C)c1cn(-c2ccc(NCC(N)=O)cc2)c(Cc2ccc(-c3ccc(CC(C)C)cc3)cc2)n1. The number of hydrogen-bond donors (Lipinski definition) is 2. The van der Waals surface area contributed by atoms with Crippen LogP contribution >= 0.6 is 23.2 Å². The quantitative estimate of drug-likeness (QED) is 0.160. The number of hydrogen-bond acceptors (Lipinski definition) is 3. The van der Waals surface area contributed by atoms with Crippen LogP contribution in [0.15, 0.2) is 108 Å². The molecular weight excluding hydrogens is 563 g/mol. The Labute approximate surface area is 258 Å². The van der Waals surface area contributed by atoms with E-state index in [-0.39, 0.29) is 6.54 Å². The highest BCUT2D eigenvalue weighted by molar-refractivity contribution is 6.39. The van der Waals surface area contributed by atoms with Crippen molar-refractivity contribution in [3.8, 4) is 16.8 Å². The van der Waals surface area contributed by atoms with Crippen LogP contribution in [-0.4, -0.2) is 22.0 Å². The van der Waals surface area contributed by atoms with E-state index in [4.69, 9.17) is 33.9 Å². The number of benzene rings is 3. The molecule has 7 heteroatoms. The first-order valence-corrected chi connectivity index (χ1v) is 14.7. The van der Waals surface area contributed by atoms with E-state index in [9.17, 15) is 4.79 Å². The number of nitrogens with two attached hydrogens (primary N) is 1. The molecule has 5 nitrogen and oxygen atoms in total. The fraction of sp³-hybridized carbons (Fsp3) is 0.200. The number of amides is 1. The van der Waals surface area contributed by atoms with Gasteiger partial charge in [0.2, 0.25) is 5.91 Å². The Morgan fingerprint density at radius 2 is 1.57 bits per heavy atom. The first-order chi connectivity index (χ1) is 20.1. The molecule has 0 saturated heterocycles. The lowest BCUT2D eigenvalue weighted by Crippen LogP contribution is -2.21. The van der Waals surface area contributed by atoms with Gasteiger partial charge in [-0.05, 0) is 71.9 Å². The molecule has 0 radical (unpaired) electrons. The highest BCUT2D eigenvalue weighted by atomic mass is 35.5. The highest BCUT2D eigenvalue weighted by Crippen LogP contribution is 2.30. The van der Waals surface area contributed by atoms with Crippen LogP contribution in [-0.2, 0) is 17.6 Å². The van der Waals surface area contributed by atoms with Gasteiger partial charge >= 0.3 is 0 Å². The minimum Gasteiger partial charge on any atom is -0.376 e. The van der Waals surface area contributed by atoms with Crippen molar-refractivity contribution in [1.82, 2.24) is 9.55 Å². The topological polar surface area (TPSA) is 72.9 Å². The molecule has 0 aliphatic carbocycles. The van der Waals surface area contributed by atoms with Crippen LogP contribution in [0, 0.1) is 5.92 Å². The van der Waals surface area contributed by atoms with Crippen LogP contribution in [0.1, 0.15) is 43.4 Å². The van der Waals surface area contributed by atoms with Crippen LogP contribution in [0.25, 0.3) is 22.4 Å². The minimum absolute atomic E-state index is 0.0687. The summed E-state index contributed by atoms with van der Waals surface area (Å²) in [6.45, 7) is 10.2. The average molecular weight is 600 g/mol. The summed E-state index contributed by atoms with van der Waals surface area (Å²) < 4.78 is 2.05. The summed E-state index contributed by atoms with van der Waals surface area (Å²) in [6, 6.07) is 25.2. The molecule has 0 atom stereocenters. The van der Waals surface area contributed by atoms with Crippen LogP contribution in [0.5, 0.6) is 0 Å². The zero-order chi connectivity index (χ0) is 30.2. The molecule has 3 N–H and O–H groups in total. The van der Waals surface area contributed by atoms with Crippen molar-refractivity contribution in [1.29, 1.82) is 0 Å². The summed E-state index contributed by atoms with van der Waals surface area (Å²) in [5, 5.41) is 3.82. The van der Waals surface area contributed by atoms with Gasteiger partial charge in [-0.3, -0.25) is 4.79 Å². The molecule has 1 aromatic heterocycles. The minimum atomic E-state index is -0.418. The third-order valence-electron chi connectivity index (χ3n) is 6.74. The molecule has 0 aliphatic heterocycles. The molecule has 1 heterocycles. The van der Waals surface area contributed by atoms with E-state index in [1.807, 2.05) is 43.5 Å². The lowest BCUT2D eigenvalue weighted by atomic mass is 9.98. The van der Waals surface area contributed by atoms with E-state index in [1.165, 1.54) is 16.7 Å². The van der Waals surface area contributed by atoms with Crippen LogP contribution in [0.2, 0.25) is 0 Å². The molecule has 0 saturated carbocycles. The Morgan fingerprint density at radius 1 is 0.976 bits per heavy atom. The lowest BCUT2D eigenvalue weighted by molar-refractivity contribution is -0.116. The molecule has 1 amide bonds. The fourth-order valence-corrected chi connectivity index (χ4v) is 5.25. The van der Waals surface area contributed by atoms with Crippen molar-refractivity contribution in [2.75, 3.05) is 11.9 Å². The van der Waals surface area contributed by atoms with E-state index in [0.717, 1.165) is 40.5 Å². The number of primary amides is 1. The number of carbonyl (C=O) groups is 1. The number of nitrogens with one attached hydrogen (secondary N) is 1. The number of anilines is 1. The Hall–Kier alpha value is -4.06. The number of halogens is 2. The van der Waals surface area contributed by atoms with Crippen molar-refractivity contribution in [3.63, 3.8) is 0 Å². The number of imidazole rings is 1. The van der Waals surface area contributed by atoms with Crippen molar-refractivity contribution < 1.29 is 4.79 Å². The standard InChI is InChI=1S/C35H36Cl2N4O/c1-5-31(32(37)19-24(4)36)33-22-41(30-16-14-29(15-17-30)39-21-34(38)42)35(40-33)20-26-8-12-28(13-9-26)27-10-6-25(7-11-27)18-23(2)3/h5-17,19,22-23,39H,4,18,20-21H2,1-3H3,(H2,38,42)/b31-5+,32-19+. The van der Waals surface area contributed by atoms with Gasteiger partial charge in [-0.25, -0.2) is 4.98 Å². The van der Waals surface area contributed by atoms with Gasteiger partial charge in [0.15, 0.2) is 0 Å². The monoisotopic (exact) mass is 598 g/mol. The van der Waals surface area contributed by atoms with Crippen LogP contribution < -0.4 is 11.1 Å². The molecule has 42 heavy (non-hydrogen) atoms. The average Bonchev–Trinajstić information content (AvgIpc) is 3.35. The second-order valence-corrected chi connectivity index (χ2v) is 11.5. The molecule has 0 bridgehead atoms. The molecule has 0 fully saturated rings. The smallest absolute Gasteiger partial charge is 0.236 e. The van der Waals surface area contributed by atoms with Gasteiger partial charge in [-0.1, -0.05) is 98.2 Å². The summed E-state index contributed by atoms with van der Waals surface area (Å²) in [5.41, 5.74) is 13.3. The summed E-state index contributed by atoms with van der Waals surface area (Å²) in [6.07, 6.45) is 7.18. The van der Waals surface area contributed by atoms with Crippen LogP contribution in [0.4, 0.5) is 5.69 Å². The second-order valence-electron chi connectivity index (χ2n) is 10.6. The van der Waals surface area contributed by atoms with Gasteiger partial charge in [0.25, 0.3) is 0 Å². The number of carbonyl (C=O) groups excluding carboxylic acids is 1. The normalized spacial score (nSPS) is 12.0. The maximum Gasteiger partial charge on any atom is 0.236 e. The molecule has 4 rings (SSSR count). The Morgan fingerprint density at radius 3 is 2.10 bits per heavy atom. The predicted molar refractivity (Wildman–Crippen MR) is 177 cm³/mol. The molecule has 3 aromatic carbocycles. The van der Waals surface area contributed by atoms with E-state index in [2.05, 4.69) is 78.8 Å². The molecule has 0 spiro atoms. The van der Waals surface area contributed by atoms with E-state index in [0.29, 0.717) is 22.4 Å². The summed E-state index contributed by atoms with van der Waals surface area (Å²) in [7, 11) is 0. The van der Waals surface area contributed by atoms with Crippen LogP contribution in [0.3, 0.4) is 0 Å². The third kappa shape index (κ3) is 8.25. The van der Waals surface area contributed by atoms with Gasteiger partial charge in [0.05, 0.1) is 17.3 Å². The zero-order valence-corrected chi connectivity index (χ0v) is 25.7.